The second-order valence-electron chi connectivity index (χ2n) is 6.57. The molecular formula is C19H22N2O2. The number of fused-ring (bicyclic) bond motifs is 1. The van der Waals surface area contributed by atoms with Gasteiger partial charge in [0.2, 0.25) is 0 Å². The maximum absolute atomic E-state index is 12.8. The van der Waals surface area contributed by atoms with E-state index >= 15 is 0 Å². The van der Waals surface area contributed by atoms with E-state index in [0.717, 1.165) is 55.5 Å². The van der Waals surface area contributed by atoms with Gasteiger partial charge in [-0.2, -0.15) is 0 Å². The molecule has 0 aromatic heterocycles. The van der Waals surface area contributed by atoms with Crippen LogP contribution in [0.4, 0.5) is 10.5 Å². The van der Waals surface area contributed by atoms with Crippen molar-refractivity contribution in [2.75, 3.05) is 25.1 Å². The van der Waals surface area contributed by atoms with Crippen molar-refractivity contribution in [1.29, 1.82) is 0 Å². The van der Waals surface area contributed by atoms with E-state index in [4.69, 9.17) is 4.74 Å². The molecule has 2 fully saturated rings. The number of amides is 2. The molecule has 1 atom stereocenters. The molecular weight excluding hydrogens is 288 g/mol. The van der Waals surface area contributed by atoms with E-state index in [1.165, 1.54) is 0 Å². The summed E-state index contributed by atoms with van der Waals surface area (Å²) in [6.07, 6.45) is 3.30. The highest BCUT2D eigenvalue weighted by Crippen LogP contribution is 2.30. The van der Waals surface area contributed by atoms with E-state index in [-0.39, 0.29) is 6.03 Å². The largest absolute Gasteiger partial charge is 0.381 e. The van der Waals surface area contributed by atoms with Crippen LogP contribution in [0.5, 0.6) is 0 Å². The van der Waals surface area contributed by atoms with Crippen LogP contribution in [0.25, 0.3) is 10.8 Å². The molecule has 1 N–H and O–H groups in total. The van der Waals surface area contributed by atoms with Crippen molar-refractivity contribution < 1.29 is 9.53 Å². The molecule has 1 aliphatic heterocycles. The average molecular weight is 310 g/mol. The first kappa shape index (κ1) is 14.5. The minimum Gasteiger partial charge on any atom is -0.381 e. The van der Waals surface area contributed by atoms with Crippen LogP contribution in [0.2, 0.25) is 0 Å². The highest BCUT2D eigenvalue weighted by molar-refractivity contribution is 6.01. The molecule has 120 valence electrons. The summed E-state index contributed by atoms with van der Waals surface area (Å²) in [6.45, 7) is 2.42. The van der Waals surface area contributed by atoms with Crippen LogP contribution < -0.4 is 5.32 Å². The third-order valence-electron chi connectivity index (χ3n) is 4.76. The summed E-state index contributed by atoms with van der Waals surface area (Å²) in [6, 6.07) is 14.6. The van der Waals surface area contributed by atoms with Gasteiger partial charge in [-0.3, -0.25) is 0 Å². The zero-order chi connectivity index (χ0) is 15.6. The Balaban J connectivity index is 1.52. The molecule has 2 aromatic rings. The summed E-state index contributed by atoms with van der Waals surface area (Å²) in [4.78, 5) is 14.8. The molecule has 1 aliphatic carbocycles. The molecule has 2 amide bonds. The fraction of sp³-hybridized carbons (Fsp3) is 0.421. The monoisotopic (exact) mass is 310 g/mol. The lowest BCUT2D eigenvalue weighted by Gasteiger charge is -2.25. The molecule has 1 heterocycles. The van der Waals surface area contributed by atoms with Crippen LogP contribution in [0.3, 0.4) is 0 Å². The highest BCUT2D eigenvalue weighted by Gasteiger charge is 2.35. The highest BCUT2D eigenvalue weighted by atomic mass is 16.5. The first-order chi connectivity index (χ1) is 11.3. The van der Waals surface area contributed by atoms with Crippen molar-refractivity contribution in [2.24, 2.45) is 5.92 Å². The Hall–Kier alpha value is -2.07. The van der Waals surface area contributed by atoms with Gasteiger partial charge >= 0.3 is 6.03 Å². The topological polar surface area (TPSA) is 41.6 Å². The fourth-order valence-electron chi connectivity index (χ4n) is 3.31. The van der Waals surface area contributed by atoms with Crippen LogP contribution in [0, 0.1) is 5.92 Å². The SMILES string of the molecule is O=C(Nc1cccc2ccccc12)N(C[C@@H]1CCOC1)C1CC1. The van der Waals surface area contributed by atoms with Gasteiger partial charge in [0.05, 0.1) is 12.3 Å². The molecule has 1 saturated carbocycles. The summed E-state index contributed by atoms with van der Waals surface area (Å²) >= 11 is 0. The van der Waals surface area contributed by atoms with E-state index in [9.17, 15) is 4.79 Å². The first-order valence-electron chi connectivity index (χ1n) is 8.44. The standard InChI is InChI=1S/C19H22N2O2/c22-19(21(16-8-9-16)12-14-10-11-23-13-14)20-18-7-3-5-15-4-1-2-6-17(15)18/h1-7,14,16H,8-13H2,(H,20,22)/t14-/m0/s1. The van der Waals surface area contributed by atoms with Crippen molar-refractivity contribution in [1.82, 2.24) is 4.90 Å². The van der Waals surface area contributed by atoms with Gasteiger partial charge in [-0.15, -0.1) is 0 Å². The number of benzene rings is 2. The Kier molecular flexibility index (Phi) is 3.92. The number of carbonyl (C=O) groups excluding carboxylic acids is 1. The Morgan fingerprint density at radius 3 is 2.74 bits per heavy atom. The minimum absolute atomic E-state index is 0.0238. The summed E-state index contributed by atoms with van der Waals surface area (Å²) in [7, 11) is 0. The van der Waals surface area contributed by atoms with E-state index in [1.807, 2.05) is 29.2 Å². The maximum Gasteiger partial charge on any atom is 0.322 e. The van der Waals surface area contributed by atoms with Crippen LogP contribution >= 0.6 is 0 Å². The molecule has 0 spiro atoms. The van der Waals surface area contributed by atoms with Crippen LogP contribution in [-0.2, 0) is 4.74 Å². The van der Waals surface area contributed by atoms with Crippen LogP contribution in [0.1, 0.15) is 19.3 Å². The second-order valence-corrected chi connectivity index (χ2v) is 6.57. The first-order valence-corrected chi connectivity index (χ1v) is 8.44. The maximum atomic E-state index is 12.8. The predicted octanol–water partition coefficient (Wildman–Crippen LogP) is 3.87. The third kappa shape index (κ3) is 3.17. The Morgan fingerprint density at radius 1 is 1.13 bits per heavy atom. The number of urea groups is 1. The van der Waals surface area contributed by atoms with E-state index in [2.05, 4.69) is 23.5 Å². The van der Waals surface area contributed by atoms with Crippen molar-refractivity contribution in [3.8, 4) is 0 Å². The Morgan fingerprint density at radius 2 is 1.96 bits per heavy atom. The quantitative estimate of drug-likeness (QED) is 0.931. The van der Waals surface area contributed by atoms with E-state index < -0.39 is 0 Å². The number of nitrogens with one attached hydrogen (secondary N) is 1. The normalized spacial score (nSPS) is 20.6. The summed E-state index contributed by atoms with van der Waals surface area (Å²) < 4.78 is 5.46. The molecule has 4 nitrogen and oxygen atoms in total. The molecule has 2 aliphatic rings. The lowest BCUT2D eigenvalue weighted by molar-refractivity contribution is 0.167. The second kappa shape index (κ2) is 6.20. The molecule has 0 unspecified atom stereocenters. The Labute approximate surface area is 136 Å². The van der Waals surface area contributed by atoms with Gasteiger partial charge in [0.1, 0.15) is 0 Å². The summed E-state index contributed by atoms with van der Waals surface area (Å²) in [5, 5.41) is 5.36. The molecule has 4 heteroatoms. The Bertz CT molecular complexity index is 700. The van der Waals surface area contributed by atoms with Crippen molar-refractivity contribution >= 4 is 22.5 Å². The number of carbonyl (C=O) groups is 1. The van der Waals surface area contributed by atoms with Crippen LogP contribution in [-0.4, -0.2) is 36.7 Å². The number of ether oxygens (including phenoxy) is 1. The van der Waals surface area contributed by atoms with Crippen molar-refractivity contribution in [3.63, 3.8) is 0 Å². The fourth-order valence-corrected chi connectivity index (χ4v) is 3.31. The van der Waals surface area contributed by atoms with Crippen molar-refractivity contribution in [3.05, 3.63) is 42.5 Å². The third-order valence-corrected chi connectivity index (χ3v) is 4.76. The van der Waals surface area contributed by atoms with Gasteiger partial charge in [-0.05, 0) is 30.7 Å². The van der Waals surface area contributed by atoms with Gasteiger partial charge in [-0.25, -0.2) is 4.79 Å². The van der Waals surface area contributed by atoms with Crippen molar-refractivity contribution in [2.45, 2.75) is 25.3 Å². The molecule has 23 heavy (non-hydrogen) atoms. The number of hydrogen-bond donors (Lipinski definition) is 1. The predicted molar refractivity (Wildman–Crippen MR) is 91.6 cm³/mol. The molecule has 2 aromatic carbocycles. The summed E-state index contributed by atoms with van der Waals surface area (Å²) in [5.74, 6) is 0.480. The molecule has 0 radical (unpaired) electrons. The average Bonchev–Trinajstić information content (AvgIpc) is 3.29. The van der Waals surface area contributed by atoms with Gasteiger partial charge in [0, 0.05) is 30.5 Å². The zero-order valence-corrected chi connectivity index (χ0v) is 13.2. The number of nitrogens with zero attached hydrogens (tertiary/aromatic N) is 1. The van der Waals surface area contributed by atoms with Gasteiger partial charge in [0.25, 0.3) is 0 Å². The number of anilines is 1. The molecule has 0 bridgehead atoms. The van der Waals surface area contributed by atoms with Crippen LogP contribution in [0.15, 0.2) is 42.5 Å². The lowest BCUT2D eigenvalue weighted by Crippen LogP contribution is -2.40. The van der Waals surface area contributed by atoms with E-state index in [0.29, 0.717) is 12.0 Å². The smallest absolute Gasteiger partial charge is 0.322 e. The van der Waals surface area contributed by atoms with Gasteiger partial charge in [-0.1, -0.05) is 36.4 Å². The lowest BCUT2D eigenvalue weighted by atomic mass is 10.1. The molecule has 4 rings (SSSR count). The van der Waals surface area contributed by atoms with Gasteiger partial charge < -0.3 is 15.0 Å². The number of hydrogen-bond acceptors (Lipinski definition) is 2. The molecule has 1 saturated heterocycles. The number of rotatable bonds is 4. The van der Waals surface area contributed by atoms with E-state index in [1.54, 1.807) is 0 Å². The zero-order valence-electron chi connectivity index (χ0n) is 13.2. The summed E-state index contributed by atoms with van der Waals surface area (Å²) in [5.41, 5.74) is 0.890. The van der Waals surface area contributed by atoms with Gasteiger partial charge in [0.15, 0.2) is 0 Å². The minimum atomic E-state index is 0.0238.